The Bertz CT molecular complexity index is 1200. The Morgan fingerprint density at radius 1 is 1.03 bits per heavy atom. The number of ether oxygens (including phenoxy) is 1. The maximum Gasteiger partial charge on any atom is 0.323 e. The summed E-state index contributed by atoms with van der Waals surface area (Å²) in [4.78, 5) is 19.5. The van der Waals surface area contributed by atoms with E-state index >= 15 is 4.39 Å². The van der Waals surface area contributed by atoms with Crippen LogP contribution >= 0.6 is 0 Å². The molecule has 33 heavy (non-hydrogen) atoms. The molecule has 0 spiro atoms. The van der Waals surface area contributed by atoms with Crippen LogP contribution in [-0.4, -0.2) is 29.1 Å². The van der Waals surface area contributed by atoms with Crippen molar-refractivity contribution in [1.82, 2.24) is 9.97 Å². The fourth-order valence-electron chi connectivity index (χ4n) is 4.20. The number of halogens is 2. The Hall–Kier alpha value is -3.84. The number of carbonyl (C=O) groups is 1. The SMILES string of the molecule is COC(=O)C(N)Cc1ncc(C(c2ccccc2)(c2ccccc2)c2ccc(F)cc2F)[nH]1. The quantitative estimate of drug-likeness (QED) is 0.330. The fraction of sp³-hybridized carbons (Fsp3) is 0.154. The monoisotopic (exact) mass is 447 g/mol. The molecule has 0 aliphatic carbocycles. The van der Waals surface area contributed by atoms with Crippen LogP contribution in [0.5, 0.6) is 0 Å². The second-order valence-corrected chi connectivity index (χ2v) is 7.68. The third-order valence-electron chi connectivity index (χ3n) is 5.70. The molecular formula is C26H23F2N3O2. The minimum Gasteiger partial charge on any atom is -0.468 e. The maximum absolute atomic E-state index is 15.4. The van der Waals surface area contributed by atoms with Crippen molar-refractivity contribution in [3.8, 4) is 0 Å². The largest absolute Gasteiger partial charge is 0.468 e. The molecule has 0 fully saturated rings. The molecule has 0 radical (unpaired) electrons. The summed E-state index contributed by atoms with van der Waals surface area (Å²) in [6.45, 7) is 0. The molecule has 0 aliphatic heterocycles. The van der Waals surface area contributed by atoms with Gasteiger partial charge in [0.15, 0.2) is 0 Å². The predicted octanol–water partition coefficient (Wildman–Crippen LogP) is 4.11. The molecule has 168 valence electrons. The minimum absolute atomic E-state index is 0.109. The average Bonchev–Trinajstić information content (AvgIpc) is 3.30. The number of imidazole rings is 1. The number of H-pyrrole nitrogens is 1. The van der Waals surface area contributed by atoms with Crippen molar-refractivity contribution in [1.29, 1.82) is 0 Å². The average molecular weight is 447 g/mol. The molecule has 4 rings (SSSR count). The first-order valence-electron chi connectivity index (χ1n) is 10.4. The molecule has 4 aromatic rings. The molecule has 1 heterocycles. The summed E-state index contributed by atoms with van der Waals surface area (Å²) >= 11 is 0. The van der Waals surface area contributed by atoms with Gasteiger partial charge in [-0.15, -0.1) is 0 Å². The minimum atomic E-state index is -1.17. The Morgan fingerprint density at radius 2 is 1.64 bits per heavy atom. The normalized spacial score (nSPS) is 12.4. The van der Waals surface area contributed by atoms with Gasteiger partial charge in [0.25, 0.3) is 0 Å². The molecule has 3 aromatic carbocycles. The summed E-state index contributed by atoms with van der Waals surface area (Å²) in [6.07, 6.45) is 1.71. The van der Waals surface area contributed by atoms with E-state index < -0.39 is 29.1 Å². The molecule has 0 saturated heterocycles. The molecule has 7 heteroatoms. The van der Waals surface area contributed by atoms with Crippen LogP contribution in [-0.2, 0) is 21.4 Å². The third-order valence-corrected chi connectivity index (χ3v) is 5.70. The molecule has 3 N–H and O–H groups in total. The molecule has 0 saturated carbocycles. The van der Waals surface area contributed by atoms with Gasteiger partial charge in [0.05, 0.1) is 18.2 Å². The molecular weight excluding hydrogens is 424 g/mol. The van der Waals surface area contributed by atoms with Crippen molar-refractivity contribution in [3.05, 3.63) is 125 Å². The summed E-state index contributed by atoms with van der Waals surface area (Å²) in [5.41, 5.74) is 7.08. The lowest BCUT2D eigenvalue weighted by atomic mass is 9.67. The number of benzene rings is 3. The van der Waals surface area contributed by atoms with E-state index in [9.17, 15) is 9.18 Å². The number of methoxy groups -OCH3 is 1. The highest BCUT2D eigenvalue weighted by atomic mass is 19.1. The van der Waals surface area contributed by atoms with Crippen molar-refractivity contribution in [2.75, 3.05) is 7.11 Å². The predicted molar refractivity (Wildman–Crippen MR) is 121 cm³/mol. The summed E-state index contributed by atoms with van der Waals surface area (Å²) in [5, 5.41) is 0. The van der Waals surface area contributed by atoms with Crippen molar-refractivity contribution in [2.24, 2.45) is 5.73 Å². The van der Waals surface area contributed by atoms with Gasteiger partial charge in [-0.3, -0.25) is 4.79 Å². The second kappa shape index (κ2) is 9.34. The van der Waals surface area contributed by atoms with Gasteiger partial charge >= 0.3 is 5.97 Å². The van der Waals surface area contributed by atoms with Crippen LogP contribution in [0.25, 0.3) is 0 Å². The lowest BCUT2D eigenvalue weighted by molar-refractivity contribution is -0.142. The number of carbonyl (C=O) groups excluding carboxylic acids is 1. The van der Waals surface area contributed by atoms with E-state index in [2.05, 4.69) is 9.97 Å². The summed E-state index contributed by atoms with van der Waals surface area (Å²) in [5.74, 6) is -1.47. The van der Waals surface area contributed by atoms with Crippen LogP contribution in [0.15, 0.2) is 85.1 Å². The Kier molecular flexibility index (Phi) is 6.33. The lowest BCUT2D eigenvalue weighted by Gasteiger charge is -2.35. The zero-order chi connectivity index (χ0) is 23.4. The first-order chi connectivity index (χ1) is 16.0. The highest BCUT2D eigenvalue weighted by Crippen LogP contribution is 2.45. The smallest absolute Gasteiger partial charge is 0.323 e. The number of hydrogen-bond donors (Lipinski definition) is 2. The maximum atomic E-state index is 15.4. The lowest BCUT2D eigenvalue weighted by Crippen LogP contribution is -2.34. The Balaban J connectivity index is 1.98. The van der Waals surface area contributed by atoms with E-state index in [4.69, 9.17) is 10.5 Å². The molecule has 1 aromatic heterocycles. The van der Waals surface area contributed by atoms with Crippen LogP contribution in [0.3, 0.4) is 0 Å². The van der Waals surface area contributed by atoms with Gasteiger partial charge < -0.3 is 15.5 Å². The highest BCUT2D eigenvalue weighted by molar-refractivity contribution is 5.75. The molecule has 1 unspecified atom stereocenters. The third kappa shape index (κ3) is 4.15. The van der Waals surface area contributed by atoms with Crippen molar-refractivity contribution in [3.63, 3.8) is 0 Å². The number of nitrogens with zero attached hydrogens (tertiary/aromatic N) is 1. The number of rotatable bonds is 7. The van der Waals surface area contributed by atoms with Crippen LogP contribution in [0.2, 0.25) is 0 Å². The van der Waals surface area contributed by atoms with Crippen LogP contribution < -0.4 is 5.73 Å². The summed E-state index contributed by atoms with van der Waals surface area (Å²) < 4.78 is 34.0. The van der Waals surface area contributed by atoms with E-state index in [1.54, 1.807) is 6.20 Å². The van der Waals surface area contributed by atoms with E-state index in [1.165, 1.54) is 19.2 Å². The van der Waals surface area contributed by atoms with Gasteiger partial charge in [0.1, 0.15) is 23.5 Å². The Morgan fingerprint density at radius 3 is 2.18 bits per heavy atom. The summed E-state index contributed by atoms with van der Waals surface area (Å²) in [7, 11) is 1.27. The van der Waals surface area contributed by atoms with E-state index in [0.29, 0.717) is 11.5 Å². The van der Waals surface area contributed by atoms with Crippen molar-refractivity contribution < 1.29 is 18.3 Å². The number of hydrogen-bond acceptors (Lipinski definition) is 4. The van der Waals surface area contributed by atoms with Crippen LogP contribution in [0.4, 0.5) is 8.78 Å². The van der Waals surface area contributed by atoms with E-state index in [1.807, 2.05) is 60.7 Å². The first kappa shape index (κ1) is 22.4. The highest BCUT2D eigenvalue weighted by Gasteiger charge is 2.42. The molecule has 0 bridgehead atoms. The Labute approximate surface area is 190 Å². The number of nitrogens with two attached hydrogens (primary N) is 1. The van der Waals surface area contributed by atoms with Gasteiger partial charge in [-0.2, -0.15) is 0 Å². The zero-order valence-electron chi connectivity index (χ0n) is 18.0. The number of aromatic amines is 1. The molecule has 0 aliphatic rings. The van der Waals surface area contributed by atoms with E-state index in [-0.39, 0.29) is 12.0 Å². The van der Waals surface area contributed by atoms with Crippen molar-refractivity contribution in [2.45, 2.75) is 17.9 Å². The topological polar surface area (TPSA) is 81.0 Å². The van der Waals surface area contributed by atoms with Gasteiger partial charge in [0, 0.05) is 24.2 Å². The number of esters is 1. The zero-order valence-corrected chi connectivity index (χ0v) is 18.0. The number of nitrogens with one attached hydrogen (secondary N) is 1. The van der Waals surface area contributed by atoms with E-state index in [0.717, 1.165) is 17.2 Å². The van der Waals surface area contributed by atoms with Gasteiger partial charge in [-0.25, -0.2) is 13.8 Å². The van der Waals surface area contributed by atoms with Crippen LogP contribution in [0, 0.1) is 11.6 Å². The fourth-order valence-corrected chi connectivity index (χ4v) is 4.20. The first-order valence-corrected chi connectivity index (χ1v) is 10.4. The number of aromatic nitrogens is 2. The van der Waals surface area contributed by atoms with Crippen molar-refractivity contribution >= 4 is 5.97 Å². The molecule has 5 nitrogen and oxygen atoms in total. The standard InChI is InChI=1S/C26H23F2N3O2/c1-33-25(32)22(29)15-24-30-16-23(31-24)26(17-8-4-2-5-9-17,18-10-6-3-7-11-18)20-13-12-19(27)14-21(20)28/h2-14,16,22H,15,29H2,1H3,(H,30,31). The van der Waals surface area contributed by atoms with Crippen LogP contribution in [0.1, 0.15) is 28.2 Å². The van der Waals surface area contributed by atoms with Gasteiger partial charge in [0.2, 0.25) is 0 Å². The van der Waals surface area contributed by atoms with Gasteiger partial charge in [-0.1, -0.05) is 66.7 Å². The van der Waals surface area contributed by atoms with Gasteiger partial charge in [-0.05, 0) is 17.2 Å². The second-order valence-electron chi connectivity index (χ2n) is 7.68. The molecule has 1 atom stereocenters. The molecule has 0 amide bonds. The summed E-state index contributed by atoms with van der Waals surface area (Å²) in [6, 6.07) is 21.4.